The van der Waals surface area contributed by atoms with Gasteiger partial charge in [-0.25, -0.2) is 0 Å². The number of anilines is 1. The molecule has 1 aliphatic rings. The van der Waals surface area contributed by atoms with Crippen LogP contribution >= 0.6 is 23.8 Å². The van der Waals surface area contributed by atoms with E-state index in [2.05, 4.69) is 33.1 Å². The van der Waals surface area contributed by atoms with E-state index in [0.717, 1.165) is 17.1 Å². The standard InChI is InChI=1S/C24H19ClN4OS/c25-16-11-12-21(30)20(15-16)29-23(22(27-24(29)31)18-9-4-5-13-26-18)19-10-6-14-28(19)17-7-2-1-3-8-17/h1-15,22-23,30H,(H,27,31)/t22-,23-/m1/s1. The van der Waals surface area contributed by atoms with Crippen LogP contribution < -0.4 is 10.2 Å². The number of aromatic hydroxyl groups is 1. The maximum atomic E-state index is 10.7. The van der Waals surface area contributed by atoms with Crippen LogP contribution in [-0.4, -0.2) is 19.8 Å². The largest absolute Gasteiger partial charge is 0.506 e. The summed E-state index contributed by atoms with van der Waals surface area (Å²) in [6, 6.07) is 24.5. The topological polar surface area (TPSA) is 53.3 Å². The molecule has 0 aliphatic carbocycles. The summed E-state index contributed by atoms with van der Waals surface area (Å²) in [5, 5.41) is 15.1. The number of aromatic nitrogens is 2. The highest BCUT2D eigenvalue weighted by Gasteiger charge is 2.43. The lowest BCUT2D eigenvalue weighted by atomic mass is 10.0. The second-order valence-electron chi connectivity index (χ2n) is 7.27. The predicted molar refractivity (Wildman–Crippen MR) is 127 cm³/mol. The Kier molecular flexibility index (Phi) is 5.10. The normalized spacial score (nSPS) is 18.2. The van der Waals surface area contributed by atoms with Gasteiger partial charge in [0.25, 0.3) is 0 Å². The van der Waals surface area contributed by atoms with Gasteiger partial charge in [0.05, 0.1) is 17.4 Å². The van der Waals surface area contributed by atoms with Crippen molar-refractivity contribution in [1.82, 2.24) is 14.9 Å². The van der Waals surface area contributed by atoms with Crippen LogP contribution in [-0.2, 0) is 0 Å². The first kappa shape index (κ1) is 19.6. The second kappa shape index (κ2) is 8.06. The minimum absolute atomic E-state index is 0.109. The van der Waals surface area contributed by atoms with E-state index in [4.69, 9.17) is 23.8 Å². The number of halogens is 1. The van der Waals surface area contributed by atoms with Crippen molar-refractivity contribution >= 4 is 34.6 Å². The monoisotopic (exact) mass is 446 g/mol. The molecule has 1 saturated heterocycles. The Balaban J connectivity index is 1.70. The summed E-state index contributed by atoms with van der Waals surface area (Å²) in [6.45, 7) is 0. The molecule has 2 aromatic heterocycles. The smallest absolute Gasteiger partial charge is 0.174 e. The van der Waals surface area contributed by atoms with Crippen molar-refractivity contribution in [3.8, 4) is 11.4 Å². The fraction of sp³-hybridized carbons (Fsp3) is 0.0833. The number of para-hydroxylation sites is 1. The number of rotatable bonds is 4. The molecule has 0 radical (unpaired) electrons. The average Bonchev–Trinajstić information content (AvgIpc) is 3.41. The van der Waals surface area contributed by atoms with Crippen LogP contribution in [0.2, 0.25) is 5.02 Å². The summed E-state index contributed by atoms with van der Waals surface area (Å²) in [6.07, 6.45) is 3.80. The van der Waals surface area contributed by atoms with Crippen LogP contribution in [0.4, 0.5) is 5.69 Å². The Labute approximate surface area is 190 Å². The minimum atomic E-state index is -0.262. The number of nitrogens with zero attached hydrogens (tertiary/aromatic N) is 3. The number of phenolic OH excluding ortho intramolecular Hbond substituents is 1. The molecule has 1 fully saturated rings. The van der Waals surface area contributed by atoms with E-state index < -0.39 is 0 Å². The molecule has 5 nitrogen and oxygen atoms in total. The molecular weight excluding hydrogens is 428 g/mol. The van der Waals surface area contributed by atoms with Crippen molar-refractivity contribution < 1.29 is 5.11 Å². The van der Waals surface area contributed by atoms with Crippen LogP contribution in [0.1, 0.15) is 23.5 Å². The van der Waals surface area contributed by atoms with Gasteiger partial charge in [0.15, 0.2) is 5.11 Å². The summed E-state index contributed by atoms with van der Waals surface area (Å²) >= 11 is 12.0. The zero-order valence-corrected chi connectivity index (χ0v) is 18.0. The lowest BCUT2D eigenvalue weighted by Crippen LogP contribution is -2.30. The highest BCUT2D eigenvalue weighted by molar-refractivity contribution is 7.80. The van der Waals surface area contributed by atoms with Crippen molar-refractivity contribution in [1.29, 1.82) is 0 Å². The molecule has 2 N–H and O–H groups in total. The molecule has 0 saturated carbocycles. The Morgan fingerprint density at radius 1 is 0.968 bits per heavy atom. The molecule has 0 amide bonds. The SMILES string of the molecule is Oc1ccc(Cl)cc1N1C(=S)N[C@H](c2ccccn2)[C@H]1c1cccn1-c1ccccc1. The van der Waals surface area contributed by atoms with Gasteiger partial charge in [-0.05, 0) is 66.8 Å². The summed E-state index contributed by atoms with van der Waals surface area (Å²) < 4.78 is 2.13. The fourth-order valence-electron chi connectivity index (χ4n) is 4.06. The van der Waals surface area contributed by atoms with Gasteiger partial charge in [-0.1, -0.05) is 35.9 Å². The van der Waals surface area contributed by atoms with Crippen LogP contribution in [0, 0.1) is 0 Å². The highest BCUT2D eigenvalue weighted by Crippen LogP contribution is 2.45. The van der Waals surface area contributed by atoms with Crippen molar-refractivity contribution in [2.45, 2.75) is 12.1 Å². The van der Waals surface area contributed by atoms with Gasteiger partial charge >= 0.3 is 0 Å². The van der Waals surface area contributed by atoms with Crippen molar-refractivity contribution in [2.24, 2.45) is 0 Å². The first-order valence-electron chi connectivity index (χ1n) is 9.85. The number of nitrogens with one attached hydrogen (secondary N) is 1. The molecule has 2 atom stereocenters. The van der Waals surface area contributed by atoms with E-state index in [1.54, 1.807) is 24.4 Å². The number of hydrogen-bond acceptors (Lipinski definition) is 3. The lowest BCUT2D eigenvalue weighted by molar-refractivity contribution is 0.472. The maximum absolute atomic E-state index is 10.7. The van der Waals surface area contributed by atoms with Crippen molar-refractivity contribution in [3.05, 3.63) is 108 Å². The van der Waals surface area contributed by atoms with E-state index >= 15 is 0 Å². The molecule has 0 unspecified atom stereocenters. The first-order valence-corrected chi connectivity index (χ1v) is 10.6. The molecule has 0 bridgehead atoms. The van der Waals surface area contributed by atoms with Gasteiger partial charge in [-0.15, -0.1) is 0 Å². The Morgan fingerprint density at radius 3 is 2.55 bits per heavy atom. The van der Waals surface area contributed by atoms with Crippen molar-refractivity contribution in [2.75, 3.05) is 4.90 Å². The molecule has 7 heteroatoms. The molecule has 3 heterocycles. The highest BCUT2D eigenvalue weighted by atomic mass is 35.5. The third-order valence-electron chi connectivity index (χ3n) is 5.41. The van der Waals surface area contributed by atoms with Crippen LogP contribution in [0.15, 0.2) is 91.3 Å². The van der Waals surface area contributed by atoms with E-state index in [-0.39, 0.29) is 17.8 Å². The third kappa shape index (κ3) is 3.54. The molecule has 1 aliphatic heterocycles. The van der Waals surface area contributed by atoms with Gasteiger partial charge in [-0.2, -0.15) is 0 Å². The van der Waals surface area contributed by atoms with Crippen molar-refractivity contribution in [3.63, 3.8) is 0 Å². The molecule has 154 valence electrons. The van der Waals surface area contributed by atoms with E-state index in [9.17, 15) is 5.11 Å². The number of benzene rings is 2. The van der Waals surface area contributed by atoms with Gasteiger partial charge < -0.3 is 19.9 Å². The predicted octanol–water partition coefficient (Wildman–Crippen LogP) is 5.41. The average molecular weight is 447 g/mol. The molecule has 2 aromatic carbocycles. The zero-order chi connectivity index (χ0) is 21.4. The number of pyridine rings is 1. The summed E-state index contributed by atoms with van der Waals surface area (Å²) in [4.78, 5) is 6.50. The summed E-state index contributed by atoms with van der Waals surface area (Å²) in [5.74, 6) is 0.109. The zero-order valence-electron chi connectivity index (χ0n) is 16.4. The molecular formula is C24H19ClN4OS. The van der Waals surface area contributed by atoms with Crippen LogP contribution in [0.3, 0.4) is 0 Å². The van der Waals surface area contributed by atoms with Crippen LogP contribution in [0.5, 0.6) is 5.75 Å². The maximum Gasteiger partial charge on any atom is 0.174 e. The molecule has 5 rings (SSSR count). The second-order valence-corrected chi connectivity index (χ2v) is 8.09. The molecule has 4 aromatic rings. The first-order chi connectivity index (χ1) is 15.1. The molecule has 0 spiro atoms. The molecule has 31 heavy (non-hydrogen) atoms. The Morgan fingerprint density at radius 2 is 1.77 bits per heavy atom. The third-order valence-corrected chi connectivity index (χ3v) is 5.96. The van der Waals surface area contributed by atoms with E-state index in [0.29, 0.717) is 15.8 Å². The van der Waals surface area contributed by atoms with Gasteiger partial charge in [-0.3, -0.25) is 4.98 Å². The Bertz CT molecular complexity index is 1230. The van der Waals surface area contributed by atoms with Gasteiger partial charge in [0.1, 0.15) is 11.8 Å². The fourth-order valence-corrected chi connectivity index (χ4v) is 4.57. The van der Waals surface area contributed by atoms with Gasteiger partial charge in [0.2, 0.25) is 0 Å². The van der Waals surface area contributed by atoms with E-state index in [1.807, 2.05) is 53.6 Å². The van der Waals surface area contributed by atoms with Gasteiger partial charge in [0, 0.05) is 28.8 Å². The van der Waals surface area contributed by atoms with Crippen LogP contribution in [0.25, 0.3) is 5.69 Å². The summed E-state index contributed by atoms with van der Waals surface area (Å²) in [5.41, 5.74) is 3.46. The summed E-state index contributed by atoms with van der Waals surface area (Å²) in [7, 11) is 0. The van der Waals surface area contributed by atoms with E-state index in [1.165, 1.54) is 0 Å². The number of thiocarbonyl (C=S) groups is 1. The number of phenols is 1. The Hall–Kier alpha value is -3.35. The lowest BCUT2D eigenvalue weighted by Gasteiger charge is -2.29. The quantitative estimate of drug-likeness (QED) is 0.410. The minimum Gasteiger partial charge on any atom is -0.506 e. The number of hydrogen-bond donors (Lipinski definition) is 2.